The molecule has 0 aromatic carbocycles. The van der Waals surface area contributed by atoms with E-state index in [4.69, 9.17) is 4.74 Å². The van der Waals surface area contributed by atoms with Gasteiger partial charge in [-0.25, -0.2) is 4.98 Å². The fraction of sp³-hybridized carbons (Fsp3) is 0.429. The molecule has 1 aliphatic heterocycles. The van der Waals surface area contributed by atoms with Crippen molar-refractivity contribution in [1.29, 1.82) is 0 Å². The van der Waals surface area contributed by atoms with Crippen LogP contribution >= 0.6 is 23.1 Å². The molecule has 20 heavy (non-hydrogen) atoms. The van der Waals surface area contributed by atoms with Gasteiger partial charge in [0.15, 0.2) is 0 Å². The lowest BCUT2D eigenvalue weighted by Crippen LogP contribution is -2.47. The number of hydrogen-bond donors (Lipinski definition) is 1. The molecule has 0 saturated carbocycles. The highest BCUT2D eigenvalue weighted by molar-refractivity contribution is 7.98. The number of pyridine rings is 1. The molecule has 4 nitrogen and oxygen atoms in total. The molecular formula is C14H16N2O2S2. The lowest BCUT2D eigenvalue weighted by molar-refractivity contribution is -0.121. The summed E-state index contributed by atoms with van der Waals surface area (Å²) in [5.41, 5.74) is 1.98. The van der Waals surface area contributed by atoms with E-state index in [2.05, 4.69) is 15.3 Å². The van der Waals surface area contributed by atoms with Crippen LogP contribution in [0.4, 0.5) is 0 Å². The minimum atomic E-state index is -0.0233. The Morgan fingerprint density at radius 3 is 2.95 bits per heavy atom. The number of hydrogen-bond acceptors (Lipinski definition) is 6. The zero-order chi connectivity index (χ0) is 13.8. The Morgan fingerprint density at radius 2 is 2.30 bits per heavy atom. The number of aliphatic hydroxyl groups is 1. The summed E-state index contributed by atoms with van der Waals surface area (Å²) in [7, 11) is 0. The Balaban J connectivity index is 1.55. The highest BCUT2D eigenvalue weighted by Crippen LogP contribution is 2.32. The van der Waals surface area contributed by atoms with Crippen LogP contribution in [0.25, 0.3) is 10.7 Å². The second kappa shape index (κ2) is 6.22. The van der Waals surface area contributed by atoms with Crippen LogP contribution < -0.4 is 0 Å². The summed E-state index contributed by atoms with van der Waals surface area (Å²) in [6.07, 6.45) is 1.78. The second-order valence-electron chi connectivity index (χ2n) is 5.00. The normalized spacial score (nSPS) is 16.9. The topological polar surface area (TPSA) is 55.2 Å². The monoisotopic (exact) mass is 308 g/mol. The van der Waals surface area contributed by atoms with Gasteiger partial charge in [-0.15, -0.1) is 11.3 Å². The number of thiazole rings is 1. The number of rotatable bonds is 6. The third kappa shape index (κ3) is 3.03. The summed E-state index contributed by atoms with van der Waals surface area (Å²) in [4.78, 5) is 8.92. The Kier molecular flexibility index (Phi) is 4.35. The standard InChI is InChI=1S/C14H16N2O2S2/c17-7-14(8-18-9-14)10-19-5-11-6-20-13(16-11)12-3-1-2-4-15-12/h1-4,6,17H,5,7-10H2. The summed E-state index contributed by atoms with van der Waals surface area (Å²) in [5.74, 6) is 1.78. The molecule has 6 heteroatoms. The fourth-order valence-corrected chi connectivity index (χ4v) is 4.01. The Hall–Kier alpha value is -0.950. The lowest BCUT2D eigenvalue weighted by atomic mass is 9.90. The van der Waals surface area contributed by atoms with Gasteiger partial charge in [0.2, 0.25) is 0 Å². The average molecular weight is 308 g/mol. The van der Waals surface area contributed by atoms with Gasteiger partial charge in [0, 0.05) is 28.5 Å². The van der Waals surface area contributed by atoms with Crippen LogP contribution in [0, 0.1) is 5.41 Å². The van der Waals surface area contributed by atoms with E-state index < -0.39 is 0 Å². The van der Waals surface area contributed by atoms with Crippen molar-refractivity contribution in [3.63, 3.8) is 0 Å². The molecule has 106 valence electrons. The van der Waals surface area contributed by atoms with Gasteiger partial charge in [-0.1, -0.05) is 6.07 Å². The smallest absolute Gasteiger partial charge is 0.142 e. The molecule has 0 atom stereocenters. The first-order valence-corrected chi connectivity index (χ1v) is 8.47. The first-order chi connectivity index (χ1) is 9.81. The average Bonchev–Trinajstić information content (AvgIpc) is 2.92. The predicted octanol–water partition coefficient (Wildman–Crippen LogP) is 2.45. The summed E-state index contributed by atoms with van der Waals surface area (Å²) < 4.78 is 5.20. The maximum Gasteiger partial charge on any atom is 0.142 e. The minimum absolute atomic E-state index is 0.0233. The Morgan fingerprint density at radius 1 is 1.40 bits per heavy atom. The van der Waals surface area contributed by atoms with Crippen LogP contribution in [0.15, 0.2) is 29.8 Å². The highest BCUT2D eigenvalue weighted by atomic mass is 32.2. The van der Waals surface area contributed by atoms with Crippen molar-refractivity contribution in [1.82, 2.24) is 9.97 Å². The third-order valence-electron chi connectivity index (χ3n) is 3.25. The molecule has 0 bridgehead atoms. The molecule has 0 radical (unpaired) electrons. The molecule has 3 heterocycles. The second-order valence-corrected chi connectivity index (χ2v) is 6.85. The molecule has 0 amide bonds. The predicted molar refractivity (Wildman–Crippen MR) is 81.8 cm³/mol. The van der Waals surface area contributed by atoms with E-state index in [1.54, 1.807) is 29.3 Å². The maximum absolute atomic E-state index is 9.37. The van der Waals surface area contributed by atoms with E-state index in [0.29, 0.717) is 13.2 Å². The maximum atomic E-state index is 9.37. The number of nitrogens with zero attached hydrogens (tertiary/aromatic N) is 2. The molecule has 1 fully saturated rings. The fourth-order valence-electron chi connectivity index (χ4n) is 1.96. The molecule has 0 spiro atoms. The molecule has 1 saturated heterocycles. The zero-order valence-corrected chi connectivity index (χ0v) is 12.6. The number of aromatic nitrogens is 2. The van der Waals surface area contributed by atoms with Crippen LogP contribution in [0.1, 0.15) is 5.69 Å². The van der Waals surface area contributed by atoms with Gasteiger partial charge in [-0.2, -0.15) is 11.8 Å². The van der Waals surface area contributed by atoms with Crippen molar-refractivity contribution in [2.75, 3.05) is 25.6 Å². The van der Waals surface area contributed by atoms with Crippen molar-refractivity contribution in [2.24, 2.45) is 5.41 Å². The van der Waals surface area contributed by atoms with Gasteiger partial charge in [0.1, 0.15) is 5.01 Å². The molecular weight excluding hydrogens is 292 g/mol. The lowest BCUT2D eigenvalue weighted by Gasteiger charge is -2.39. The van der Waals surface area contributed by atoms with Crippen molar-refractivity contribution >= 4 is 23.1 Å². The Labute approximate surface area is 126 Å². The molecule has 1 aliphatic rings. The molecule has 1 N–H and O–H groups in total. The molecule has 0 unspecified atom stereocenters. The van der Waals surface area contributed by atoms with Gasteiger partial charge in [0.25, 0.3) is 0 Å². The van der Waals surface area contributed by atoms with E-state index in [0.717, 1.165) is 27.9 Å². The van der Waals surface area contributed by atoms with Crippen LogP contribution in [0.2, 0.25) is 0 Å². The molecule has 2 aromatic heterocycles. The summed E-state index contributed by atoms with van der Waals surface area (Å²) >= 11 is 3.43. The van der Waals surface area contributed by atoms with Crippen LogP contribution in [-0.2, 0) is 10.5 Å². The van der Waals surface area contributed by atoms with Crippen LogP contribution in [0.5, 0.6) is 0 Å². The van der Waals surface area contributed by atoms with E-state index in [1.807, 2.05) is 18.2 Å². The van der Waals surface area contributed by atoms with Crippen molar-refractivity contribution in [3.05, 3.63) is 35.5 Å². The quantitative estimate of drug-likeness (QED) is 0.888. The molecule has 3 rings (SSSR count). The third-order valence-corrected chi connectivity index (χ3v) is 5.48. The zero-order valence-electron chi connectivity index (χ0n) is 11.0. The van der Waals surface area contributed by atoms with Gasteiger partial charge >= 0.3 is 0 Å². The van der Waals surface area contributed by atoms with Gasteiger partial charge < -0.3 is 9.84 Å². The number of aliphatic hydroxyl groups excluding tert-OH is 1. The number of ether oxygens (including phenoxy) is 1. The van der Waals surface area contributed by atoms with Crippen LogP contribution in [-0.4, -0.2) is 40.6 Å². The minimum Gasteiger partial charge on any atom is -0.396 e. The molecule has 0 aliphatic carbocycles. The number of thioether (sulfide) groups is 1. The Bertz CT molecular complexity index is 550. The highest BCUT2D eigenvalue weighted by Gasteiger charge is 2.37. The summed E-state index contributed by atoms with van der Waals surface area (Å²) in [6.45, 7) is 1.55. The van der Waals surface area contributed by atoms with Crippen molar-refractivity contribution in [2.45, 2.75) is 5.75 Å². The van der Waals surface area contributed by atoms with E-state index in [-0.39, 0.29) is 12.0 Å². The summed E-state index contributed by atoms with van der Waals surface area (Å²) in [6, 6.07) is 5.85. The van der Waals surface area contributed by atoms with Gasteiger partial charge in [-0.05, 0) is 12.1 Å². The van der Waals surface area contributed by atoms with E-state index >= 15 is 0 Å². The first kappa shape index (κ1) is 14.0. The summed E-state index contributed by atoms with van der Waals surface area (Å²) in [5, 5.41) is 12.4. The van der Waals surface area contributed by atoms with Crippen molar-refractivity contribution < 1.29 is 9.84 Å². The largest absolute Gasteiger partial charge is 0.396 e. The van der Waals surface area contributed by atoms with E-state index in [1.165, 1.54) is 0 Å². The van der Waals surface area contributed by atoms with E-state index in [9.17, 15) is 5.11 Å². The first-order valence-electron chi connectivity index (χ1n) is 6.43. The van der Waals surface area contributed by atoms with Crippen molar-refractivity contribution in [3.8, 4) is 10.7 Å². The SMILES string of the molecule is OCC1(CSCc2csc(-c3ccccn3)n2)COC1. The van der Waals surface area contributed by atoms with Crippen LogP contribution in [0.3, 0.4) is 0 Å². The molecule has 2 aromatic rings. The van der Waals surface area contributed by atoms with Gasteiger partial charge in [-0.3, -0.25) is 4.98 Å². The van der Waals surface area contributed by atoms with Gasteiger partial charge in [0.05, 0.1) is 31.2 Å².